The number of hydrogen-bond donors (Lipinski definition) is 1. The summed E-state index contributed by atoms with van der Waals surface area (Å²) in [4.78, 5) is 29.4. The third-order valence-corrected chi connectivity index (χ3v) is 4.51. The van der Waals surface area contributed by atoms with Crippen molar-refractivity contribution >= 4 is 34.6 Å². The molecule has 0 unspecified atom stereocenters. The Morgan fingerprint density at radius 3 is 2.86 bits per heavy atom. The van der Waals surface area contributed by atoms with Crippen LogP contribution in [0.5, 0.6) is 0 Å². The van der Waals surface area contributed by atoms with Gasteiger partial charge in [-0.05, 0) is 11.4 Å². The first kappa shape index (κ1) is 15.2. The second-order valence-electron chi connectivity index (χ2n) is 4.15. The molecular formula is C14H12N2O3S2. The van der Waals surface area contributed by atoms with E-state index in [1.54, 1.807) is 11.3 Å². The maximum absolute atomic E-state index is 12.1. The van der Waals surface area contributed by atoms with Gasteiger partial charge in [0.05, 0.1) is 23.5 Å². The fraction of sp³-hybridized carbons (Fsp3) is 0.214. The van der Waals surface area contributed by atoms with E-state index in [4.69, 9.17) is 11.5 Å². The zero-order chi connectivity index (χ0) is 15.2. The minimum atomic E-state index is -1.09. The summed E-state index contributed by atoms with van der Waals surface area (Å²) in [5, 5.41) is 13.4. The van der Waals surface area contributed by atoms with Crippen molar-refractivity contribution in [3.63, 3.8) is 0 Å². The molecule has 5 nitrogen and oxygen atoms in total. The highest BCUT2D eigenvalue weighted by molar-refractivity contribution is 7.20. The Labute approximate surface area is 129 Å². The van der Waals surface area contributed by atoms with Crippen LogP contribution >= 0.6 is 22.7 Å². The van der Waals surface area contributed by atoms with Crippen LogP contribution in [0, 0.1) is 12.3 Å². The highest BCUT2D eigenvalue weighted by Crippen LogP contribution is 2.27. The van der Waals surface area contributed by atoms with Crippen LogP contribution in [0.4, 0.5) is 0 Å². The number of amides is 1. The molecule has 2 heterocycles. The van der Waals surface area contributed by atoms with Crippen LogP contribution in [0.15, 0.2) is 22.9 Å². The molecule has 0 spiro atoms. The lowest BCUT2D eigenvalue weighted by atomic mass is 10.3. The molecule has 0 aliphatic carbocycles. The van der Waals surface area contributed by atoms with E-state index in [1.165, 1.54) is 11.3 Å². The zero-order valence-electron chi connectivity index (χ0n) is 11.0. The minimum Gasteiger partial charge on any atom is -0.480 e. The summed E-state index contributed by atoms with van der Waals surface area (Å²) in [6.45, 7) is -0.419. The van der Waals surface area contributed by atoms with Gasteiger partial charge in [-0.1, -0.05) is 12.0 Å². The molecular weight excluding hydrogens is 308 g/mol. The number of aliphatic carboxylic acids is 1. The summed E-state index contributed by atoms with van der Waals surface area (Å²) < 4.78 is 0. The molecule has 0 aromatic carbocycles. The van der Waals surface area contributed by atoms with Crippen LogP contribution in [0.3, 0.4) is 0 Å². The van der Waals surface area contributed by atoms with Gasteiger partial charge < -0.3 is 10.0 Å². The van der Waals surface area contributed by atoms with E-state index in [0.717, 1.165) is 14.8 Å². The maximum atomic E-state index is 12.1. The van der Waals surface area contributed by atoms with Gasteiger partial charge in [-0.3, -0.25) is 9.59 Å². The number of thiophene rings is 1. The molecule has 21 heavy (non-hydrogen) atoms. The number of thiazole rings is 1. The first-order valence-electron chi connectivity index (χ1n) is 6.01. The molecule has 0 atom stereocenters. The lowest BCUT2D eigenvalue weighted by Gasteiger charge is -2.17. The predicted octanol–water partition coefficient (Wildman–Crippen LogP) is 1.96. The molecule has 0 saturated heterocycles. The smallest absolute Gasteiger partial charge is 0.323 e. The van der Waals surface area contributed by atoms with Crippen LogP contribution in [-0.2, 0) is 16.0 Å². The fourth-order valence-electron chi connectivity index (χ4n) is 1.67. The monoisotopic (exact) mass is 320 g/mol. The largest absolute Gasteiger partial charge is 0.480 e. The lowest BCUT2D eigenvalue weighted by molar-refractivity contribution is -0.143. The SMILES string of the molecule is C#CCN(CC(=O)O)C(=O)Cc1csc(-c2cccs2)n1. The summed E-state index contributed by atoms with van der Waals surface area (Å²) in [5.74, 6) is 0.871. The molecule has 0 bridgehead atoms. The summed E-state index contributed by atoms with van der Waals surface area (Å²) in [6, 6.07) is 3.90. The van der Waals surface area contributed by atoms with Crippen molar-refractivity contribution in [2.45, 2.75) is 6.42 Å². The van der Waals surface area contributed by atoms with E-state index < -0.39 is 12.5 Å². The van der Waals surface area contributed by atoms with Crippen molar-refractivity contribution in [3.8, 4) is 22.2 Å². The van der Waals surface area contributed by atoms with E-state index in [2.05, 4.69) is 10.9 Å². The summed E-state index contributed by atoms with van der Waals surface area (Å²) in [6.07, 6.45) is 5.21. The highest BCUT2D eigenvalue weighted by atomic mass is 32.1. The van der Waals surface area contributed by atoms with Crippen molar-refractivity contribution in [2.24, 2.45) is 0 Å². The Bertz CT molecular complexity index is 671. The molecule has 7 heteroatoms. The van der Waals surface area contributed by atoms with Gasteiger partial charge in [0.15, 0.2) is 0 Å². The Hall–Kier alpha value is -2.17. The van der Waals surface area contributed by atoms with Gasteiger partial charge >= 0.3 is 5.97 Å². The van der Waals surface area contributed by atoms with Crippen LogP contribution in [-0.4, -0.2) is 40.0 Å². The Kier molecular flexibility index (Phi) is 5.09. The molecule has 0 aliphatic rings. The van der Waals surface area contributed by atoms with Crippen molar-refractivity contribution in [2.75, 3.05) is 13.1 Å². The molecule has 0 fully saturated rings. The number of hydrogen-bond acceptors (Lipinski definition) is 5. The molecule has 0 aliphatic heterocycles. The quantitative estimate of drug-likeness (QED) is 0.826. The number of nitrogens with zero attached hydrogens (tertiary/aromatic N) is 2. The number of rotatable bonds is 6. The number of carboxylic acid groups (broad SMARTS) is 1. The van der Waals surface area contributed by atoms with Gasteiger partial charge in [0.2, 0.25) is 5.91 Å². The normalized spacial score (nSPS) is 10.0. The Morgan fingerprint density at radius 1 is 1.43 bits per heavy atom. The second-order valence-corrected chi connectivity index (χ2v) is 5.95. The maximum Gasteiger partial charge on any atom is 0.323 e. The van der Waals surface area contributed by atoms with Crippen LogP contribution in [0.2, 0.25) is 0 Å². The highest BCUT2D eigenvalue weighted by Gasteiger charge is 2.17. The van der Waals surface area contributed by atoms with Crippen molar-refractivity contribution in [1.29, 1.82) is 0 Å². The average molecular weight is 320 g/mol. The molecule has 2 aromatic heterocycles. The number of terminal acetylenes is 1. The molecule has 2 rings (SSSR count). The average Bonchev–Trinajstić information content (AvgIpc) is 3.07. The van der Waals surface area contributed by atoms with Crippen molar-refractivity contribution in [3.05, 3.63) is 28.6 Å². The van der Waals surface area contributed by atoms with Gasteiger partial charge in [0.1, 0.15) is 11.6 Å². The summed E-state index contributed by atoms with van der Waals surface area (Å²) in [5.41, 5.74) is 0.626. The molecule has 1 amide bonds. The standard InChI is InChI=1S/C14H12N2O3S2/c1-2-5-16(8-13(18)19)12(17)7-10-9-21-14(15-10)11-4-3-6-20-11/h1,3-4,6,9H,5,7-8H2,(H,18,19). The summed E-state index contributed by atoms with van der Waals surface area (Å²) >= 11 is 3.04. The van der Waals surface area contributed by atoms with E-state index in [9.17, 15) is 9.59 Å². The van der Waals surface area contributed by atoms with Crippen LogP contribution in [0.25, 0.3) is 9.88 Å². The Balaban J connectivity index is 2.05. The Morgan fingerprint density at radius 2 is 2.24 bits per heavy atom. The molecule has 1 N–H and O–H groups in total. The molecule has 108 valence electrons. The van der Waals surface area contributed by atoms with Gasteiger partial charge in [0, 0.05) is 5.38 Å². The fourth-order valence-corrected chi connectivity index (χ4v) is 3.31. The summed E-state index contributed by atoms with van der Waals surface area (Å²) in [7, 11) is 0. The van der Waals surface area contributed by atoms with Gasteiger partial charge in [-0.15, -0.1) is 29.1 Å². The topological polar surface area (TPSA) is 70.5 Å². The number of carboxylic acids is 1. The first-order valence-corrected chi connectivity index (χ1v) is 7.77. The minimum absolute atomic E-state index is 0.0208. The second kappa shape index (κ2) is 7.02. The molecule has 0 radical (unpaired) electrons. The third kappa shape index (κ3) is 4.15. The van der Waals surface area contributed by atoms with Gasteiger partial charge in [0.25, 0.3) is 0 Å². The zero-order valence-corrected chi connectivity index (χ0v) is 12.6. The number of carbonyl (C=O) groups excluding carboxylic acids is 1. The third-order valence-electron chi connectivity index (χ3n) is 2.58. The van der Waals surface area contributed by atoms with E-state index in [0.29, 0.717) is 5.69 Å². The molecule has 0 saturated carbocycles. The van der Waals surface area contributed by atoms with Crippen molar-refractivity contribution in [1.82, 2.24) is 9.88 Å². The predicted molar refractivity (Wildman–Crippen MR) is 82.2 cm³/mol. The molecule has 2 aromatic rings. The first-order chi connectivity index (χ1) is 10.1. The lowest BCUT2D eigenvalue weighted by Crippen LogP contribution is -2.37. The van der Waals surface area contributed by atoms with E-state index in [1.807, 2.05) is 22.9 Å². The van der Waals surface area contributed by atoms with Crippen LogP contribution in [0.1, 0.15) is 5.69 Å². The van der Waals surface area contributed by atoms with E-state index >= 15 is 0 Å². The number of carbonyl (C=O) groups is 2. The van der Waals surface area contributed by atoms with Crippen molar-refractivity contribution < 1.29 is 14.7 Å². The van der Waals surface area contributed by atoms with Gasteiger partial charge in [-0.2, -0.15) is 0 Å². The van der Waals surface area contributed by atoms with E-state index in [-0.39, 0.29) is 18.9 Å². The van der Waals surface area contributed by atoms with Gasteiger partial charge in [-0.25, -0.2) is 4.98 Å². The number of aromatic nitrogens is 1. The van der Waals surface area contributed by atoms with Crippen LogP contribution < -0.4 is 0 Å².